The van der Waals surface area contributed by atoms with Crippen LogP contribution in [0.4, 0.5) is 0 Å². The number of ether oxygens (including phenoxy) is 2. The fraction of sp³-hybridized carbons (Fsp3) is 0.654. The van der Waals surface area contributed by atoms with Gasteiger partial charge in [-0.1, -0.05) is 78.4 Å². The number of unbranched alkanes of at least 4 members (excludes halogenated alkanes) is 2. The molecular formula is C26H42O6. The molecule has 6 heteroatoms. The third kappa shape index (κ3) is 13.1. The Bertz CT molecular complexity index is 615. The molecule has 1 rings (SSSR count). The average molecular weight is 451 g/mol. The molecule has 6 nitrogen and oxygen atoms in total. The largest absolute Gasteiger partial charge is 0.481 e. The number of carbonyl (C=O) groups is 3. The smallest absolute Gasteiger partial charge is 0.339 e. The zero-order valence-electron chi connectivity index (χ0n) is 20.5. The van der Waals surface area contributed by atoms with E-state index in [0.29, 0.717) is 36.2 Å². The first-order valence-corrected chi connectivity index (χ1v) is 11.9. The molecule has 2 atom stereocenters. The minimum Gasteiger partial charge on any atom is -0.481 e. The zero-order valence-corrected chi connectivity index (χ0v) is 20.5. The van der Waals surface area contributed by atoms with Gasteiger partial charge in [0.25, 0.3) is 5.97 Å². The minimum absolute atomic E-state index is 0.291. The lowest BCUT2D eigenvalue weighted by Crippen LogP contribution is -2.19. The molecule has 0 fully saturated rings. The molecule has 0 saturated heterocycles. The van der Waals surface area contributed by atoms with Crippen LogP contribution in [0, 0.1) is 11.8 Å². The van der Waals surface area contributed by atoms with Crippen LogP contribution in [-0.4, -0.2) is 36.2 Å². The van der Waals surface area contributed by atoms with Gasteiger partial charge >= 0.3 is 11.9 Å². The van der Waals surface area contributed by atoms with Crippen molar-refractivity contribution in [3.63, 3.8) is 0 Å². The molecule has 1 aromatic rings. The molecule has 0 saturated carbocycles. The van der Waals surface area contributed by atoms with E-state index in [0.717, 1.165) is 58.3 Å². The maximum atomic E-state index is 12.6. The topological polar surface area (TPSA) is 89.9 Å². The number of carboxylic acid groups (broad SMARTS) is 1. The Kier molecular flexibility index (Phi) is 16.9. The highest BCUT2D eigenvalue weighted by Crippen LogP contribution is 2.18. The van der Waals surface area contributed by atoms with E-state index in [9.17, 15) is 9.59 Å². The lowest BCUT2D eigenvalue weighted by molar-refractivity contribution is -0.134. The second-order valence-electron chi connectivity index (χ2n) is 8.09. The van der Waals surface area contributed by atoms with Crippen LogP contribution in [-0.2, 0) is 14.3 Å². The Balaban J connectivity index is 0.00000220. The number of esters is 2. The van der Waals surface area contributed by atoms with Crippen molar-refractivity contribution in [2.24, 2.45) is 11.8 Å². The Hall–Kier alpha value is -2.37. The van der Waals surface area contributed by atoms with Gasteiger partial charge in [0, 0.05) is 6.92 Å². The van der Waals surface area contributed by atoms with Crippen LogP contribution in [0.15, 0.2) is 24.3 Å². The summed E-state index contributed by atoms with van der Waals surface area (Å²) in [5.41, 5.74) is 0.582. The number of rotatable bonds is 14. The van der Waals surface area contributed by atoms with Crippen LogP contribution in [0.1, 0.15) is 107 Å². The van der Waals surface area contributed by atoms with Gasteiger partial charge in [0.1, 0.15) is 0 Å². The summed E-state index contributed by atoms with van der Waals surface area (Å²) < 4.78 is 11.0. The van der Waals surface area contributed by atoms with Crippen molar-refractivity contribution >= 4 is 17.9 Å². The minimum atomic E-state index is -0.833. The molecule has 1 aromatic carbocycles. The summed E-state index contributed by atoms with van der Waals surface area (Å²) in [7, 11) is 0. The van der Waals surface area contributed by atoms with Gasteiger partial charge in [-0.15, -0.1) is 0 Å². The number of carboxylic acids is 1. The molecule has 0 spiro atoms. The highest BCUT2D eigenvalue weighted by molar-refractivity contribution is 6.03. The van der Waals surface area contributed by atoms with E-state index in [1.54, 1.807) is 24.3 Å². The molecule has 2 unspecified atom stereocenters. The Labute approximate surface area is 193 Å². The molecule has 0 aliphatic rings. The molecule has 0 amide bonds. The predicted octanol–water partition coefficient (Wildman–Crippen LogP) is 6.52. The van der Waals surface area contributed by atoms with Crippen molar-refractivity contribution in [2.75, 3.05) is 13.2 Å². The molecule has 182 valence electrons. The highest BCUT2D eigenvalue weighted by atomic mass is 16.5. The van der Waals surface area contributed by atoms with Crippen LogP contribution in [0.2, 0.25) is 0 Å². The van der Waals surface area contributed by atoms with E-state index in [2.05, 4.69) is 27.7 Å². The maximum absolute atomic E-state index is 12.6. The molecule has 0 radical (unpaired) electrons. The van der Waals surface area contributed by atoms with Crippen molar-refractivity contribution in [3.05, 3.63) is 35.4 Å². The van der Waals surface area contributed by atoms with Gasteiger partial charge in [-0.05, 0) is 36.8 Å². The van der Waals surface area contributed by atoms with Gasteiger partial charge in [0.15, 0.2) is 0 Å². The van der Waals surface area contributed by atoms with Crippen LogP contribution in [0.25, 0.3) is 0 Å². The summed E-state index contributed by atoms with van der Waals surface area (Å²) in [6.45, 7) is 10.4. The molecule has 0 aliphatic carbocycles. The van der Waals surface area contributed by atoms with Crippen molar-refractivity contribution in [2.45, 2.75) is 86.0 Å². The van der Waals surface area contributed by atoms with E-state index in [1.807, 2.05) is 0 Å². The van der Waals surface area contributed by atoms with Gasteiger partial charge in [0.05, 0.1) is 24.3 Å². The number of benzene rings is 1. The Morgan fingerprint density at radius 2 is 1.12 bits per heavy atom. The molecule has 32 heavy (non-hydrogen) atoms. The lowest BCUT2D eigenvalue weighted by Gasteiger charge is -2.17. The van der Waals surface area contributed by atoms with Crippen LogP contribution >= 0.6 is 0 Å². The lowest BCUT2D eigenvalue weighted by atomic mass is 10.0. The first-order valence-electron chi connectivity index (χ1n) is 11.9. The fourth-order valence-electron chi connectivity index (χ4n) is 3.18. The number of hydrogen-bond acceptors (Lipinski definition) is 5. The molecule has 0 aliphatic heterocycles. The molecule has 0 bridgehead atoms. The van der Waals surface area contributed by atoms with Gasteiger partial charge in [-0.3, -0.25) is 4.79 Å². The van der Waals surface area contributed by atoms with E-state index in [4.69, 9.17) is 19.4 Å². The van der Waals surface area contributed by atoms with Crippen molar-refractivity contribution in [1.82, 2.24) is 0 Å². The number of carbonyl (C=O) groups excluding carboxylic acids is 2. The van der Waals surface area contributed by atoms with E-state index < -0.39 is 17.9 Å². The standard InChI is InChI=1S/C24H38O4.C2H4O2/c1-5-9-13-19(7-3)17-27-23(25)21-15-11-12-16-22(21)24(26)28-18-20(8-4)14-10-6-2;1-2(3)4/h11-12,15-16,19-20H,5-10,13-14,17-18H2,1-4H3;1H3,(H,3,4). The summed E-state index contributed by atoms with van der Waals surface area (Å²) in [5, 5.41) is 7.42. The Morgan fingerprint density at radius 3 is 1.41 bits per heavy atom. The number of hydrogen-bond donors (Lipinski definition) is 1. The zero-order chi connectivity index (χ0) is 24.4. The highest BCUT2D eigenvalue weighted by Gasteiger charge is 2.21. The quantitative estimate of drug-likeness (QED) is 0.324. The fourth-order valence-corrected chi connectivity index (χ4v) is 3.18. The summed E-state index contributed by atoms with van der Waals surface area (Å²) in [6, 6.07) is 6.77. The van der Waals surface area contributed by atoms with Crippen molar-refractivity contribution in [1.29, 1.82) is 0 Å². The molecule has 0 aromatic heterocycles. The third-order valence-electron chi connectivity index (χ3n) is 5.35. The normalized spacial score (nSPS) is 12.2. The van der Waals surface area contributed by atoms with E-state index in [1.165, 1.54) is 0 Å². The van der Waals surface area contributed by atoms with Gasteiger partial charge in [-0.2, -0.15) is 0 Å². The first kappa shape index (κ1) is 29.6. The second-order valence-corrected chi connectivity index (χ2v) is 8.09. The molecule has 0 heterocycles. The van der Waals surface area contributed by atoms with Crippen LogP contribution < -0.4 is 0 Å². The van der Waals surface area contributed by atoms with Gasteiger partial charge in [0.2, 0.25) is 0 Å². The second kappa shape index (κ2) is 18.2. The molecule has 1 N–H and O–H groups in total. The van der Waals surface area contributed by atoms with Gasteiger partial charge < -0.3 is 14.6 Å². The molecular weight excluding hydrogens is 408 g/mol. The van der Waals surface area contributed by atoms with Crippen molar-refractivity contribution < 1.29 is 29.0 Å². The predicted molar refractivity (Wildman–Crippen MR) is 127 cm³/mol. The summed E-state index contributed by atoms with van der Waals surface area (Å²) in [4.78, 5) is 34.1. The summed E-state index contributed by atoms with van der Waals surface area (Å²) in [5.74, 6) is -0.986. The van der Waals surface area contributed by atoms with Crippen molar-refractivity contribution in [3.8, 4) is 0 Å². The van der Waals surface area contributed by atoms with Crippen LogP contribution in [0.5, 0.6) is 0 Å². The first-order chi connectivity index (χ1) is 15.3. The Morgan fingerprint density at radius 1 is 0.781 bits per heavy atom. The monoisotopic (exact) mass is 450 g/mol. The summed E-state index contributed by atoms with van der Waals surface area (Å²) in [6.07, 6.45) is 8.61. The maximum Gasteiger partial charge on any atom is 0.339 e. The third-order valence-corrected chi connectivity index (χ3v) is 5.35. The van der Waals surface area contributed by atoms with Gasteiger partial charge in [-0.25, -0.2) is 9.59 Å². The number of aliphatic carboxylic acids is 1. The summed E-state index contributed by atoms with van der Waals surface area (Å²) >= 11 is 0. The SMILES string of the molecule is CC(=O)O.CCCCC(CC)COC(=O)c1ccccc1C(=O)OCC(CC)CCCC. The van der Waals surface area contributed by atoms with Crippen LogP contribution in [0.3, 0.4) is 0 Å². The van der Waals surface area contributed by atoms with E-state index in [-0.39, 0.29) is 0 Å². The average Bonchev–Trinajstić information content (AvgIpc) is 2.78. The van der Waals surface area contributed by atoms with E-state index >= 15 is 0 Å².